The average Bonchev–Trinajstić information content (AvgIpc) is 2.77. The van der Waals surface area contributed by atoms with E-state index in [0.29, 0.717) is 22.2 Å². The lowest BCUT2D eigenvalue weighted by Gasteiger charge is -2.04. The number of oxazole rings is 1. The Morgan fingerprint density at radius 2 is 1.80 bits per heavy atom. The summed E-state index contributed by atoms with van der Waals surface area (Å²) in [5.74, 6) is -0.491. The van der Waals surface area contributed by atoms with E-state index in [0.717, 1.165) is 5.69 Å². The lowest BCUT2D eigenvalue weighted by atomic mass is 10.0. The third-order valence-corrected chi connectivity index (χ3v) is 3.39. The largest absolute Gasteiger partial charge is 0.424 e. The van der Waals surface area contributed by atoms with E-state index in [9.17, 15) is 9.59 Å². The van der Waals surface area contributed by atoms with Gasteiger partial charge in [0.1, 0.15) is 0 Å². The number of carbonyl (C=O) groups excluding carboxylic acids is 1. The summed E-state index contributed by atoms with van der Waals surface area (Å²) in [5.41, 5.74) is 3.15. The van der Waals surface area contributed by atoms with Crippen LogP contribution in [-0.2, 0) is 0 Å². The van der Waals surface area contributed by atoms with Gasteiger partial charge in [-0.15, -0.1) is 0 Å². The summed E-state index contributed by atoms with van der Waals surface area (Å²) in [4.78, 5) is 23.6. The summed E-state index contributed by atoms with van der Waals surface area (Å²) >= 11 is 0. The van der Waals surface area contributed by atoms with Gasteiger partial charge in [-0.25, -0.2) is 9.36 Å². The number of benzene rings is 2. The van der Waals surface area contributed by atoms with E-state index >= 15 is 0 Å². The summed E-state index contributed by atoms with van der Waals surface area (Å²) in [6, 6.07) is 12.8. The fourth-order valence-electron chi connectivity index (χ4n) is 2.42. The van der Waals surface area contributed by atoms with E-state index in [4.69, 9.17) is 4.42 Å². The Balaban J connectivity index is 2.37. The molecular weight excluding hydrogens is 254 g/mol. The lowest BCUT2D eigenvalue weighted by Crippen LogP contribution is -2.11. The number of Topliss-reactive ketones (excluding diaryl/α,β-unsaturated/α-hetero) is 1. The van der Waals surface area contributed by atoms with Gasteiger partial charge in [-0.2, -0.15) is 0 Å². The second-order valence-corrected chi connectivity index (χ2v) is 4.68. The van der Waals surface area contributed by atoms with Crippen LogP contribution in [0, 0.1) is 6.92 Å². The number of aromatic nitrogens is 1. The first-order valence-corrected chi connectivity index (χ1v) is 6.31. The molecule has 0 fully saturated rings. The maximum Gasteiger partial charge on any atom is 0.424 e. The Labute approximate surface area is 115 Å². The van der Waals surface area contributed by atoms with Gasteiger partial charge in [0.2, 0.25) is 0 Å². The topological polar surface area (TPSA) is 52.2 Å². The zero-order valence-corrected chi connectivity index (χ0v) is 11.2. The molecule has 1 aromatic heterocycles. The van der Waals surface area contributed by atoms with Gasteiger partial charge in [-0.05, 0) is 38.1 Å². The number of hydrogen-bond donors (Lipinski definition) is 0. The molecule has 0 N–H and O–H groups in total. The van der Waals surface area contributed by atoms with Crippen molar-refractivity contribution in [1.29, 1.82) is 0 Å². The number of para-hydroxylation sites is 1. The van der Waals surface area contributed by atoms with Gasteiger partial charge in [-0.1, -0.05) is 18.2 Å². The third kappa shape index (κ3) is 1.77. The molecule has 2 aromatic carbocycles. The van der Waals surface area contributed by atoms with Crippen LogP contribution in [-0.4, -0.2) is 10.4 Å². The van der Waals surface area contributed by atoms with E-state index in [1.807, 2.05) is 30.3 Å². The van der Waals surface area contributed by atoms with Gasteiger partial charge in [0.05, 0.1) is 11.2 Å². The highest BCUT2D eigenvalue weighted by Crippen LogP contribution is 2.23. The van der Waals surface area contributed by atoms with Crippen LogP contribution in [0.5, 0.6) is 0 Å². The first-order valence-electron chi connectivity index (χ1n) is 6.31. The van der Waals surface area contributed by atoms with Crippen molar-refractivity contribution >= 4 is 16.9 Å². The minimum absolute atomic E-state index is 0.0421. The van der Waals surface area contributed by atoms with E-state index < -0.39 is 5.76 Å². The molecule has 0 spiro atoms. The van der Waals surface area contributed by atoms with Crippen LogP contribution >= 0.6 is 0 Å². The number of aryl methyl sites for hydroxylation is 1. The quantitative estimate of drug-likeness (QED) is 0.670. The highest BCUT2D eigenvalue weighted by molar-refractivity contribution is 5.99. The minimum atomic E-state index is -0.449. The monoisotopic (exact) mass is 267 g/mol. The number of rotatable bonds is 2. The smallest absolute Gasteiger partial charge is 0.407 e. The van der Waals surface area contributed by atoms with Crippen molar-refractivity contribution in [3.63, 3.8) is 0 Å². The normalized spacial score (nSPS) is 10.9. The molecule has 0 aliphatic rings. The molecule has 0 saturated carbocycles. The first kappa shape index (κ1) is 12.4. The molecule has 100 valence electrons. The minimum Gasteiger partial charge on any atom is -0.407 e. The molecule has 0 amide bonds. The van der Waals surface area contributed by atoms with E-state index in [1.165, 1.54) is 11.5 Å². The predicted molar refractivity (Wildman–Crippen MR) is 76.6 cm³/mol. The summed E-state index contributed by atoms with van der Waals surface area (Å²) in [6.07, 6.45) is 0. The number of ketones is 1. The molecule has 0 saturated heterocycles. The molecule has 0 unspecified atom stereocenters. The van der Waals surface area contributed by atoms with Gasteiger partial charge >= 0.3 is 5.76 Å². The molecular formula is C16H13NO3. The van der Waals surface area contributed by atoms with Crippen LogP contribution in [0.15, 0.2) is 51.7 Å². The maximum absolute atomic E-state index is 12.1. The highest BCUT2D eigenvalue weighted by Gasteiger charge is 2.16. The van der Waals surface area contributed by atoms with Gasteiger partial charge in [0.15, 0.2) is 11.4 Å². The third-order valence-electron chi connectivity index (χ3n) is 3.39. The molecule has 1 heterocycles. The Hall–Kier alpha value is -2.62. The predicted octanol–water partition coefficient (Wildman–Crippen LogP) is 3.09. The molecule has 4 nitrogen and oxygen atoms in total. The molecule has 4 heteroatoms. The molecule has 0 radical (unpaired) electrons. The fourth-order valence-corrected chi connectivity index (χ4v) is 2.42. The Morgan fingerprint density at radius 1 is 1.10 bits per heavy atom. The summed E-state index contributed by atoms with van der Waals surface area (Å²) in [7, 11) is 0. The van der Waals surface area contributed by atoms with Crippen molar-refractivity contribution in [2.75, 3.05) is 0 Å². The van der Waals surface area contributed by atoms with Gasteiger partial charge in [0, 0.05) is 11.1 Å². The van der Waals surface area contributed by atoms with Crippen molar-refractivity contribution < 1.29 is 9.21 Å². The van der Waals surface area contributed by atoms with Gasteiger partial charge < -0.3 is 4.42 Å². The van der Waals surface area contributed by atoms with Gasteiger partial charge in [-0.3, -0.25) is 4.79 Å². The van der Waals surface area contributed by atoms with Crippen LogP contribution in [0.1, 0.15) is 22.8 Å². The number of hydrogen-bond acceptors (Lipinski definition) is 3. The SMILES string of the molecule is CC(=O)c1ccc2c(oc(=O)n2-c2ccccc2)c1C. The molecule has 3 aromatic rings. The average molecular weight is 267 g/mol. The lowest BCUT2D eigenvalue weighted by molar-refractivity contribution is 0.101. The van der Waals surface area contributed by atoms with Crippen LogP contribution in [0.2, 0.25) is 0 Å². The van der Waals surface area contributed by atoms with Crippen molar-refractivity contribution in [2.24, 2.45) is 0 Å². The van der Waals surface area contributed by atoms with Crippen LogP contribution in [0.3, 0.4) is 0 Å². The van der Waals surface area contributed by atoms with Crippen molar-refractivity contribution in [3.05, 3.63) is 64.1 Å². The second kappa shape index (κ2) is 4.49. The zero-order chi connectivity index (χ0) is 14.3. The van der Waals surface area contributed by atoms with Crippen molar-refractivity contribution in [2.45, 2.75) is 13.8 Å². The summed E-state index contributed by atoms with van der Waals surface area (Å²) < 4.78 is 6.84. The molecule has 0 atom stereocenters. The molecule has 20 heavy (non-hydrogen) atoms. The highest BCUT2D eigenvalue weighted by atomic mass is 16.4. The van der Waals surface area contributed by atoms with Crippen molar-refractivity contribution in [1.82, 2.24) is 4.57 Å². The maximum atomic E-state index is 12.1. The molecule has 3 rings (SSSR count). The molecule has 0 aliphatic carbocycles. The van der Waals surface area contributed by atoms with E-state index in [-0.39, 0.29) is 5.78 Å². The van der Waals surface area contributed by atoms with Gasteiger partial charge in [0.25, 0.3) is 0 Å². The number of carbonyl (C=O) groups is 1. The number of fused-ring (bicyclic) bond motifs is 1. The zero-order valence-electron chi connectivity index (χ0n) is 11.2. The Kier molecular flexibility index (Phi) is 2.79. The van der Waals surface area contributed by atoms with Crippen LogP contribution in [0.4, 0.5) is 0 Å². The molecule has 0 aliphatic heterocycles. The van der Waals surface area contributed by atoms with E-state index in [1.54, 1.807) is 19.1 Å². The summed E-state index contributed by atoms with van der Waals surface area (Å²) in [5, 5.41) is 0. The summed E-state index contributed by atoms with van der Waals surface area (Å²) in [6.45, 7) is 3.29. The Bertz CT molecular complexity index is 857. The van der Waals surface area contributed by atoms with Crippen LogP contribution < -0.4 is 5.76 Å². The molecule has 0 bridgehead atoms. The first-order chi connectivity index (χ1) is 9.59. The Morgan fingerprint density at radius 3 is 2.45 bits per heavy atom. The van der Waals surface area contributed by atoms with Crippen LogP contribution in [0.25, 0.3) is 16.8 Å². The van der Waals surface area contributed by atoms with Crippen molar-refractivity contribution in [3.8, 4) is 5.69 Å². The fraction of sp³-hybridized carbons (Fsp3) is 0.125. The standard InChI is InChI=1S/C16H13NO3/c1-10-13(11(2)18)8-9-14-15(10)20-16(19)17(14)12-6-4-3-5-7-12/h3-9H,1-2H3. The van der Waals surface area contributed by atoms with E-state index in [2.05, 4.69) is 0 Å². The second-order valence-electron chi connectivity index (χ2n) is 4.68. The number of nitrogens with zero attached hydrogens (tertiary/aromatic N) is 1.